The fraction of sp³-hybridized carbons (Fsp3) is 0.500. The second-order valence-electron chi connectivity index (χ2n) is 4.35. The van der Waals surface area contributed by atoms with Crippen LogP contribution < -0.4 is 4.74 Å². The quantitative estimate of drug-likeness (QED) is 0.710. The Morgan fingerprint density at radius 3 is 2.57 bits per heavy atom. The molecule has 1 atom stereocenters. The lowest BCUT2D eigenvalue weighted by Crippen LogP contribution is -2.35. The Labute approximate surface area is 85.5 Å². The fourth-order valence-electron chi connectivity index (χ4n) is 2.01. The number of benzene rings is 1. The third-order valence-corrected chi connectivity index (χ3v) is 2.73. The van der Waals surface area contributed by atoms with Gasteiger partial charge in [0.1, 0.15) is 11.4 Å². The third kappa shape index (κ3) is 2.07. The molecule has 2 nitrogen and oxygen atoms in total. The molecular formula is C12H17NO. The Bertz CT molecular complexity index is 298. The molecule has 1 aliphatic rings. The van der Waals surface area contributed by atoms with E-state index in [-0.39, 0.29) is 5.60 Å². The van der Waals surface area contributed by atoms with Crippen molar-refractivity contribution in [3.05, 3.63) is 30.3 Å². The summed E-state index contributed by atoms with van der Waals surface area (Å²) in [5.74, 6) is 0.977. The van der Waals surface area contributed by atoms with Crippen LogP contribution in [-0.2, 0) is 0 Å². The number of ether oxygens (including phenoxy) is 1. The summed E-state index contributed by atoms with van der Waals surface area (Å²) in [6.07, 6.45) is 1.11. The third-order valence-electron chi connectivity index (χ3n) is 2.73. The van der Waals surface area contributed by atoms with Gasteiger partial charge in [-0.3, -0.25) is 0 Å². The highest BCUT2D eigenvalue weighted by atomic mass is 16.5. The molecule has 1 fully saturated rings. The Balaban J connectivity index is 2.04. The summed E-state index contributed by atoms with van der Waals surface area (Å²) in [5, 5.41) is 0. The number of rotatable bonds is 2. The molecule has 0 radical (unpaired) electrons. The van der Waals surface area contributed by atoms with E-state index in [0.29, 0.717) is 0 Å². The minimum Gasteiger partial charge on any atom is -0.486 e. The van der Waals surface area contributed by atoms with Crippen molar-refractivity contribution >= 4 is 0 Å². The summed E-state index contributed by atoms with van der Waals surface area (Å²) in [7, 11) is 2.14. The molecule has 1 aromatic rings. The lowest BCUT2D eigenvalue weighted by molar-refractivity contribution is 0.0998. The summed E-state index contributed by atoms with van der Waals surface area (Å²) in [5.41, 5.74) is -0.00387. The van der Waals surface area contributed by atoms with E-state index in [4.69, 9.17) is 4.74 Å². The van der Waals surface area contributed by atoms with Gasteiger partial charge < -0.3 is 9.64 Å². The number of para-hydroxylation sites is 1. The molecule has 0 saturated carbocycles. The Morgan fingerprint density at radius 2 is 2.00 bits per heavy atom. The van der Waals surface area contributed by atoms with Gasteiger partial charge in [0.25, 0.3) is 0 Å². The molecule has 0 aromatic heterocycles. The van der Waals surface area contributed by atoms with Gasteiger partial charge in [0, 0.05) is 19.5 Å². The van der Waals surface area contributed by atoms with Gasteiger partial charge in [-0.1, -0.05) is 18.2 Å². The highest BCUT2D eigenvalue weighted by Crippen LogP contribution is 2.26. The zero-order valence-corrected chi connectivity index (χ0v) is 8.86. The Kier molecular flexibility index (Phi) is 2.46. The van der Waals surface area contributed by atoms with Crippen molar-refractivity contribution in [2.24, 2.45) is 0 Å². The average Bonchev–Trinajstić information content (AvgIpc) is 2.47. The van der Waals surface area contributed by atoms with E-state index in [1.165, 1.54) is 0 Å². The molecule has 0 spiro atoms. The van der Waals surface area contributed by atoms with Gasteiger partial charge in [0.05, 0.1) is 0 Å². The number of likely N-dealkylation sites (tertiary alicyclic amines) is 1. The number of likely N-dealkylation sites (N-methyl/N-ethyl adjacent to an activating group) is 1. The molecule has 14 heavy (non-hydrogen) atoms. The lowest BCUT2D eigenvalue weighted by Gasteiger charge is -2.25. The van der Waals surface area contributed by atoms with Crippen LogP contribution in [0, 0.1) is 0 Å². The lowest BCUT2D eigenvalue weighted by atomic mass is 10.1. The SMILES string of the molecule is CN1CCC(C)(Oc2ccccc2)C1. The van der Waals surface area contributed by atoms with Gasteiger partial charge in [-0.2, -0.15) is 0 Å². The first-order chi connectivity index (χ1) is 6.68. The smallest absolute Gasteiger partial charge is 0.120 e. The van der Waals surface area contributed by atoms with E-state index in [2.05, 4.69) is 18.9 Å². The molecule has 1 aliphatic heterocycles. The van der Waals surface area contributed by atoms with Crippen LogP contribution in [0.5, 0.6) is 5.75 Å². The highest BCUT2D eigenvalue weighted by Gasteiger charge is 2.33. The van der Waals surface area contributed by atoms with E-state index in [1.54, 1.807) is 0 Å². The predicted molar refractivity (Wildman–Crippen MR) is 57.6 cm³/mol. The monoisotopic (exact) mass is 191 g/mol. The first-order valence-corrected chi connectivity index (χ1v) is 5.11. The van der Waals surface area contributed by atoms with E-state index in [1.807, 2.05) is 30.3 Å². The van der Waals surface area contributed by atoms with Crippen molar-refractivity contribution in [2.75, 3.05) is 20.1 Å². The molecule has 2 heteroatoms. The molecule has 0 amide bonds. The van der Waals surface area contributed by atoms with Crippen molar-refractivity contribution in [3.8, 4) is 5.75 Å². The number of hydrogen-bond donors (Lipinski definition) is 0. The standard InChI is InChI=1S/C12H17NO/c1-12(8-9-13(2)10-12)14-11-6-4-3-5-7-11/h3-7H,8-10H2,1-2H3. The Hall–Kier alpha value is -1.02. The zero-order chi connectivity index (χ0) is 10.0. The average molecular weight is 191 g/mol. The normalized spacial score (nSPS) is 27.9. The summed E-state index contributed by atoms with van der Waals surface area (Å²) in [6, 6.07) is 10.1. The molecule has 1 unspecified atom stereocenters. The first-order valence-electron chi connectivity index (χ1n) is 5.11. The second kappa shape index (κ2) is 3.62. The maximum absolute atomic E-state index is 5.99. The van der Waals surface area contributed by atoms with E-state index >= 15 is 0 Å². The summed E-state index contributed by atoms with van der Waals surface area (Å²) in [4.78, 5) is 2.31. The van der Waals surface area contributed by atoms with Gasteiger partial charge in [-0.25, -0.2) is 0 Å². The van der Waals surface area contributed by atoms with E-state index in [0.717, 1.165) is 25.3 Å². The van der Waals surface area contributed by atoms with Crippen LogP contribution in [0.3, 0.4) is 0 Å². The fourth-order valence-corrected chi connectivity index (χ4v) is 2.01. The molecule has 76 valence electrons. The molecule has 0 aliphatic carbocycles. The van der Waals surface area contributed by atoms with Crippen LogP contribution in [0.1, 0.15) is 13.3 Å². The van der Waals surface area contributed by atoms with Crippen LogP contribution in [0.4, 0.5) is 0 Å². The highest BCUT2D eigenvalue weighted by molar-refractivity contribution is 5.22. The second-order valence-corrected chi connectivity index (χ2v) is 4.35. The number of nitrogens with zero attached hydrogens (tertiary/aromatic N) is 1. The minimum atomic E-state index is -0.00387. The predicted octanol–water partition coefficient (Wildman–Crippen LogP) is 2.16. The summed E-state index contributed by atoms with van der Waals surface area (Å²) < 4.78 is 5.99. The topological polar surface area (TPSA) is 12.5 Å². The van der Waals surface area contributed by atoms with Crippen molar-refractivity contribution < 1.29 is 4.74 Å². The maximum atomic E-state index is 5.99. The van der Waals surface area contributed by atoms with Gasteiger partial charge in [0.2, 0.25) is 0 Å². The largest absolute Gasteiger partial charge is 0.486 e. The van der Waals surface area contributed by atoms with Crippen molar-refractivity contribution in [2.45, 2.75) is 18.9 Å². The van der Waals surface area contributed by atoms with Crippen LogP contribution in [0.2, 0.25) is 0 Å². The van der Waals surface area contributed by atoms with Gasteiger partial charge in [0.15, 0.2) is 0 Å². The van der Waals surface area contributed by atoms with Crippen molar-refractivity contribution in [1.82, 2.24) is 4.90 Å². The molecule has 0 N–H and O–H groups in total. The number of hydrogen-bond acceptors (Lipinski definition) is 2. The maximum Gasteiger partial charge on any atom is 0.120 e. The summed E-state index contributed by atoms with van der Waals surface area (Å²) >= 11 is 0. The molecule has 0 bridgehead atoms. The van der Waals surface area contributed by atoms with E-state index in [9.17, 15) is 0 Å². The van der Waals surface area contributed by atoms with Crippen molar-refractivity contribution in [1.29, 1.82) is 0 Å². The van der Waals surface area contributed by atoms with Crippen LogP contribution >= 0.6 is 0 Å². The first kappa shape index (κ1) is 9.53. The molecule has 1 saturated heterocycles. The summed E-state index contributed by atoms with van der Waals surface area (Å²) in [6.45, 7) is 4.33. The molecular weight excluding hydrogens is 174 g/mol. The van der Waals surface area contributed by atoms with Crippen LogP contribution in [-0.4, -0.2) is 30.6 Å². The van der Waals surface area contributed by atoms with Crippen molar-refractivity contribution in [3.63, 3.8) is 0 Å². The van der Waals surface area contributed by atoms with Gasteiger partial charge >= 0.3 is 0 Å². The van der Waals surface area contributed by atoms with Crippen LogP contribution in [0.15, 0.2) is 30.3 Å². The van der Waals surface area contributed by atoms with Crippen LogP contribution in [0.25, 0.3) is 0 Å². The van der Waals surface area contributed by atoms with E-state index < -0.39 is 0 Å². The minimum absolute atomic E-state index is 0.00387. The van der Waals surface area contributed by atoms with Gasteiger partial charge in [-0.15, -0.1) is 0 Å². The molecule has 2 rings (SSSR count). The molecule has 1 aromatic carbocycles. The molecule has 1 heterocycles. The Morgan fingerprint density at radius 1 is 1.29 bits per heavy atom. The van der Waals surface area contributed by atoms with Gasteiger partial charge in [-0.05, 0) is 26.1 Å². The zero-order valence-electron chi connectivity index (χ0n) is 8.86.